The zero-order chi connectivity index (χ0) is 22.7. The van der Waals surface area contributed by atoms with Gasteiger partial charge in [-0.15, -0.1) is 0 Å². The Morgan fingerprint density at radius 2 is 1.97 bits per heavy atom. The van der Waals surface area contributed by atoms with Gasteiger partial charge >= 0.3 is 12.2 Å². The van der Waals surface area contributed by atoms with Crippen LogP contribution in [0.2, 0.25) is 0 Å². The van der Waals surface area contributed by atoms with E-state index in [2.05, 4.69) is 15.5 Å². The number of urea groups is 1. The van der Waals surface area contributed by atoms with Crippen molar-refractivity contribution in [3.8, 4) is 5.75 Å². The third-order valence-electron chi connectivity index (χ3n) is 5.69. The van der Waals surface area contributed by atoms with E-state index in [1.165, 1.54) is 6.07 Å². The Bertz CT molecular complexity index is 1050. The van der Waals surface area contributed by atoms with Crippen LogP contribution < -0.4 is 15.4 Å². The molecule has 2 N–H and O–H groups in total. The average Bonchev–Trinajstić information content (AvgIpc) is 3.17. The van der Waals surface area contributed by atoms with E-state index in [0.717, 1.165) is 23.9 Å². The third-order valence-corrected chi connectivity index (χ3v) is 5.69. The fourth-order valence-electron chi connectivity index (χ4n) is 4.10. The van der Waals surface area contributed by atoms with Crippen LogP contribution in [0.3, 0.4) is 0 Å². The Morgan fingerprint density at radius 3 is 2.62 bits per heavy atom. The van der Waals surface area contributed by atoms with Crippen LogP contribution in [0.1, 0.15) is 34.7 Å². The van der Waals surface area contributed by atoms with Crippen LogP contribution in [0.25, 0.3) is 0 Å². The molecular weight excluding hydrogens is 419 g/mol. The summed E-state index contributed by atoms with van der Waals surface area (Å²) in [7, 11) is 1.63. The van der Waals surface area contributed by atoms with E-state index in [-0.39, 0.29) is 5.56 Å². The largest absolute Gasteiger partial charge is 0.497 e. The molecule has 8 heteroatoms. The van der Waals surface area contributed by atoms with Gasteiger partial charge in [0.15, 0.2) is 0 Å². The molecule has 0 saturated carbocycles. The van der Waals surface area contributed by atoms with Gasteiger partial charge in [-0.25, -0.2) is 4.79 Å². The molecule has 2 amide bonds. The molecule has 1 atom stereocenters. The van der Waals surface area contributed by atoms with Gasteiger partial charge in [0.05, 0.1) is 18.7 Å². The first-order valence-corrected chi connectivity index (χ1v) is 10.4. The number of benzene rings is 2. The van der Waals surface area contributed by atoms with E-state index in [1.54, 1.807) is 19.3 Å². The van der Waals surface area contributed by atoms with Crippen LogP contribution in [-0.2, 0) is 19.1 Å². The van der Waals surface area contributed by atoms with Gasteiger partial charge < -0.3 is 20.3 Å². The maximum absolute atomic E-state index is 13.2. The van der Waals surface area contributed by atoms with E-state index in [0.29, 0.717) is 30.6 Å². The quantitative estimate of drug-likeness (QED) is 0.690. The van der Waals surface area contributed by atoms with Gasteiger partial charge in [0.1, 0.15) is 5.75 Å². The summed E-state index contributed by atoms with van der Waals surface area (Å²) in [6.45, 7) is 1.34. The number of allylic oxidation sites excluding steroid dienone is 1. The maximum atomic E-state index is 13.2. The molecular formula is C24H24F3N3O2. The molecule has 1 aliphatic heterocycles. The van der Waals surface area contributed by atoms with Gasteiger partial charge in [0.25, 0.3) is 0 Å². The number of hydrogen-bond donors (Lipinski definition) is 2. The van der Waals surface area contributed by atoms with E-state index in [9.17, 15) is 18.0 Å². The van der Waals surface area contributed by atoms with Crippen molar-refractivity contribution >= 4 is 6.03 Å². The van der Waals surface area contributed by atoms with Crippen LogP contribution in [0.15, 0.2) is 66.5 Å². The van der Waals surface area contributed by atoms with E-state index >= 15 is 0 Å². The van der Waals surface area contributed by atoms with E-state index in [4.69, 9.17) is 4.74 Å². The SMILES string of the molecule is COc1ccc(CN2C=CC(NC(=O)NC3CCc4c3cccc4C(F)(F)F)=CC2)cc1. The average molecular weight is 443 g/mol. The molecule has 32 heavy (non-hydrogen) atoms. The summed E-state index contributed by atoms with van der Waals surface area (Å²) in [5.74, 6) is 0.805. The van der Waals surface area contributed by atoms with Crippen LogP contribution >= 0.6 is 0 Å². The number of ether oxygens (including phenoxy) is 1. The predicted molar refractivity (Wildman–Crippen MR) is 115 cm³/mol. The zero-order valence-corrected chi connectivity index (χ0v) is 17.6. The highest BCUT2D eigenvalue weighted by Crippen LogP contribution is 2.40. The third kappa shape index (κ3) is 4.90. The molecule has 1 unspecified atom stereocenters. The van der Waals surface area contributed by atoms with Crippen molar-refractivity contribution in [1.82, 2.24) is 15.5 Å². The highest BCUT2D eigenvalue weighted by molar-refractivity contribution is 5.77. The number of methoxy groups -OCH3 is 1. The molecule has 0 radical (unpaired) electrons. The van der Waals surface area contributed by atoms with Gasteiger partial charge in [-0.2, -0.15) is 13.2 Å². The first-order valence-electron chi connectivity index (χ1n) is 10.4. The Kier molecular flexibility index (Phi) is 6.12. The highest BCUT2D eigenvalue weighted by Gasteiger charge is 2.37. The molecule has 0 fully saturated rings. The van der Waals surface area contributed by atoms with E-state index < -0.39 is 23.8 Å². The van der Waals surface area contributed by atoms with Gasteiger partial charge in [-0.05, 0) is 59.9 Å². The number of halogens is 3. The minimum Gasteiger partial charge on any atom is -0.497 e. The molecule has 5 nitrogen and oxygen atoms in total. The van der Waals surface area contributed by atoms with Crippen molar-refractivity contribution < 1.29 is 22.7 Å². The fraction of sp³-hybridized carbons (Fsp3) is 0.292. The molecule has 2 aromatic rings. The monoisotopic (exact) mass is 443 g/mol. The number of fused-ring (bicyclic) bond motifs is 1. The van der Waals surface area contributed by atoms with Crippen molar-refractivity contribution in [3.05, 3.63) is 88.8 Å². The minimum absolute atomic E-state index is 0.274. The lowest BCUT2D eigenvalue weighted by atomic mass is 10.0. The number of amides is 2. The predicted octanol–water partition coefficient (Wildman–Crippen LogP) is 4.91. The van der Waals surface area contributed by atoms with E-state index in [1.807, 2.05) is 36.5 Å². The Morgan fingerprint density at radius 1 is 1.19 bits per heavy atom. The fourth-order valence-corrected chi connectivity index (χ4v) is 4.10. The van der Waals surface area contributed by atoms with Crippen LogP contribution in [0.5, 0.6) is 5.75 Å². The molecule has 1 aliphatic carbocycles. The molecule has 1 heterocycles. The zero-order valence-electron chi connectivity index (χ0n) is 17.6. The number of carbonyl (C=O) groups excluding carboxylic acids is 1. The molecule has 2 aliphatic rings. The summed E-state index contributed by atoms with van der Waals surface area (Å²) < 4.78 is 44.8. The van der Waals surface area contributed by atoms with Crippen LogP contribution in [0, 0.1) is 0 Å². The topological polar surface area (TPSA) is 53.6 Å². The van der Waals surface area contributed by atoms with Gasteiger partial charge in [-0.1, -0.05) is 24.3 Å². The second-order valence-electron chi connectivity index (χ2n) is 7.81. The summed E-state index contributed by atoms with van der Waals surface area (Å²) in [5.41, 5.74) is 1.98. The maximum Gasteiger partial charge on any atom is 0.416 e. The number of carbonyl (C=O) groups is 1. The lowest BCUT2D eigenvalue weighted by molar-refractivity contribution is -0.138. The summed E-state index contributed by atoms with van der Waals surface area (Å²) in [5, 5.41) is 5.59. The molecule has 4 rings (SSSR count). The molecule has 0 aromatic heterocycles. The first-order chi connectivity index (χ1) is 15.3. The van der Waals surface area contributed by atoms with Gasteiger partial charge in [0.2, 0.25) is 0 Å². The number of nitrogens with zero attached hydrogens (tertiary/aromatic N) is 1. The smallest absolute Gasteiger partial charge is 0.416 e. The minimum atomic E-state index is -4.39. The van der Waals surface area contributed by atoms with Crippen LogP contribution in [-0.4, -0.2) is 24.6 Å². The molecule has 2 aromatic carbocycles. The standard InChI is InChI=1S/C24H24F3N3O2/c1-32-18-7-5-16(6-8-18)15-30-13-11-17(12-14-30)28-23(31)29-22-10-9-19-20(22)3-2-4-21(19)24(25,26)27/h2-8,11-13,22H,9-10,14-15H2,1H3,(H2,28,29,31). The number of hydrogen-bond acceptors (Lipinski definition) is 3. The first kappa shape index (κ1) is 21.8. The van der Waals surface area contributed by atoms with Crippen molar-refractivity contribution in [2.24, 2.45) is 0 Å². The Balaban J connectivity index is 1.31. The molecule has 168 valence electrons. The Hall–Kier alpha value is -3.42. The summed E-state index contributed by atoms with van der Waals surface area (Å²) in [6, 6.07) is 11.1. The Labute approximate surface area is 184 Å². The summed E-state index contributed by atoms with van der Waals surface area (Å²) in [6.07, 6.45) is 1.95. The van der Waals surface area contributed by atoms with Crippen molar-refractivity contribution in [1.29, 1.82) is 0 Å². The molecule has 0 bridgehead atoms. The molecule has 0 saturated heterocycles. The molecule has 0 spiro atoms. The summed E-state index contributed by atoms with van der Waals surface area (Å²) in [4.78, 5) is 14.5. The second kappa shape index (κ2) is 8.98. The number of nitrogens with one attached hydrogen (secondary N) is 2. The lowest BCUT2D eigenvalue weighted by Gasteiger charge is -2.23. The highest BCUT2D eigenvalue weighted by atomic mass is 19.4. The number of rotatable bonds is 5. The van der Waals surface area contributed by atoms with Crippen molar-refractivity contribution in [2.75, 3.05) is 13.7 Å². The normalized spacial score (nSPS) is 17.6. The number of alkyl halides is 3. The lowest BCUT2D eigenvalue weighted by Crippen LogP contribution is -2.37. The van der Waals surface area contributed by atoms with Gasteiger partial charge in [-0.3, -0.25) is 0 Å². The van der Waals surface area contributed by atoms with Gasteiger partial charge in [0, 0.05) is 25.0 Å². The van der Waals surface area contributed by atoms with Crippen LogP contribution in [0.4, 0.5) is 18.0 Å². The second-order valence-corrected chi connectivity index (χ2v) is 7.81. The van der Waals surface area contributed by atoms with Crippen molar-refractivity contribution in [3.63, 3.8) is 0 Å². The van der Waals surface area contributed by atoms with Crippen molar-refractivity contribution in [2.45, 2.75) is 31.6 Å². The summed E-state index contributed by atoms with van der Waals surface area (Å²) >= 11 is 0.